The molecule has 0 saturated heterocycles. The SMILES string of the molecule is CC(C)C1COC(c2cccc(Cl)c2)=N1. The lowest BCUT2D eigenvalue weighted by Crippen LogP contribution is -2.13. The van der Waals surface area contributed by atoms with E-state index in [2.05, 4.69) is 18.8 Å². The van der Waals surface area contributed by atoms with Crippen LogP contribution in [-0.2, 0) is 4.74 Å². The van der Waals surface area contributed by atoms with Crippen LogP contribution in [0.3, 0.4) is 0 Å². The Kier molecular flexibility index (Phi) is 2.96. The van der Waals surface area contributed by atoms with Crippen LogP contribution in [0.5, 0.6) is 0 Å². The Morgan fingerprint density at radius 1 is 1.47 bits per heavy atom. The van der Waals surface area contributed by atoms with Gasteiger partial charge in [0.15, 0.2) is 0 Å². The fourth-order valence-corrected chi connectivity index (χ4v) is 1.70. The summed E-state index contributed by atoms with van der Waals surface area (Å²) in [5, 5.41) is 0.715. The summed E-state index contributed by atoms with van der Waals surface area (Å²) in [6.45, 7) is 4.98. The minimum Gasteiger partial charge on any atom is -0.475 e. The van der Waals surface area contributed by atoms with Crippen molar-refractivity contribution in [1.29, 1.82) is 0 Å². The van der Waals surface area contributed by atoms with Crippen molar-refractivity contribution < 1.29 is 4.74 Å². The highest BCUT2D eigenvalue weighted by Gasteiger charge is 2.22. The molecule has 80 valence electrons. The van der Waals surface area contributed by atoms with E-state index in [-0.39, 0.29) is 6.04 Å². The molecule has 0 saturated carbocycles. The van der Waals surface area contributed by atoms with E-state index in [0.717, 1.165) is 11.5 Å². The van der Waals surface area contributed by atoms with Crippen molar-refractivity contribution in [3.8, 4) is 0 Å². The lowest BCUT2D eigenvalue weighted by atomic mass is 10.1. The van der Waals surface area contributed by atoms with Crippen LogP contribution < -0.4 is 0 Å². The molecule has 2 rings (SSSR count). The summed E-state index contributed by atoms with van der Waals surface area (Å²) in [6, 6.07) is 7.88. The third-order valence-electron chi connectivity index (χ3n) is 2.52. The van der Waals surface area contributed by atoms with Gasteiger partial charge in [0.2, 0.25) is 5.90 Å². The molecule has 1 heterocycles. The van der Waals surface area contributed by atoms with E-state index in [0.29, 0.717) is 17.5 Å². The quantitative estimate of drug-likeness (QED) is 0.755. The van der Waals surface area contributed by atoms with Crippen LogP contribution in [0.1, 0.15) is 19.4 Å². The molecular formula is C12H14ClNO. The number of rotatable bonds is 2. The van der Waals surface area contributed by atoms with E-state index in [4.69, 9.17) is 16.3 Å². The molecule has 1 aromatic rings. The van der Waals surface area contributed by atoms with Crippen molar-refractivity contribution in [2.45, 2.75) is 19.9 Å². The van der Waals surface area contributed by atoms with Crippen molar-refractivity contribution in [2.75, 3.05) is 6.61 Å². The first kappa shape index (κ1) is 10.5. The molecule has 1 aliphatic heterocycles. The van der Waals surface area contributed by atoms with Crippen molar-refractivity contribution >= 4 is 17.5 Å². The molecule has 15 heavy (non-hydrogen) atoms. The Balaban J connectivity index is 2.22. The Labute approximate surface area is 94.9 Å². The third-order valence-corrected chi connectivity index (χ3v) is 2.75. The van der Waals surface area contributed by atoms with E-state index in [1.807, 2.05) is 24.3 Å². The predicted molar refractivity (Wildman–Crippen MR) is 62.6 cm³/mol. The van der Waals surface area contributed by atoms with Crippen molar-refractivity contribution in [3.63, 3.8) is 0 Å². The number of halogens is 1. The molecule has 0 spiro atoms. The second-order valence-electron chi connectivity index (χ2n) is 4.07. The number of hydrogen-bond donors (Lipinski definition) is 0. The minimum absolute atomic E-state index is 0.277. The van der Waals surface area contributed by atoms with Gasteiger partial charge in [0.1, 0.15) is 6.61 Å². The summed E-state index contributed by atoms with van der Waals surface area (Å²) in [4.78, 5) is 4.53. The molecule has 0 radical (unpaired) electrons. The smallest absolute Gasteiger partial charge is 0.216 e. The third kappa shape index (κ3) is 2.32. The van der Waals surface area contributed by atoms with Crippen LogP contribution in [0, 0.1) is 5.92 Å². The van der Waals surface area contributed by atoms with Gasteiger partial charge in [0.05, 0.1) is 6.04 Å². The van der Waals surface area contributed by atoms with Crippen LogP contribution in [0.2, 0.25) is 5.02 Å². The van der Waals surface area contributed by atoms with Gasteiger partial charge >= 0.3 is 0 Å². The van der Waals surface area contributed by atoms with Gasteiger partial charge in [-0.3, -0.25) is 0 Å². The Morgan fingerprint density at radius 2 is 2.27 bits per heavy atom. The van der Waals surface area contributed by atoms with Crippen LogP contribution in [0.25, 0.3) is 0 Å². The number of benzene rings is 1. The summed E-state index contributed by atoms with van der Waals surface area (Å²) in [5.74, 6) is 1.23. The minimum atomic E-state index is 0.277. The van der Waals surface area contributed by atoms with Crippen molar-refractivity contribution in [3.05, 3.63) is 34.9 Å². The second kappa shape index (κ2) is 4.23. The monoisotopic (exact) mass is 223 g/mol. The average molecular weight is 224 g/mol. The Hall–Kier alpha value is -1.02. The lowest BCUT2D eigenvalue weighted by molar-refractivity contribution is 0.292. The molecule has 0 aliphatic carbocycles. The zero-order valence-electron chi connectivity index (χ0n) is 8.90. The summed E-state index contributed by atoms with van der Waals surface area (Å²) < 4.78 is 5.56. The molecule has 0 aromatic heterocycles. The fraction of sp³-hybridized carbons (Fsp3) is 0.417. The molecule has 1 atom stereocenters. The van der Waals surface area contributed by atoms with Crippen LogP contribution in [-0.4, -0.2) is 18.5 Å². The molecule has 1 aliphatic rings. The summed E-state index contributed by atoms with van der Waals surface area (Å²) in [5.41, 5.74) is 0.964. The first-order chi connectivity index (χ1) is 7.16. The molecule has 1 aromatic carbocycles. The Bertz CT molecular complexity index is 387. The van der Waals surface area contributed by atoms with Gasteiger partial charge in [0.25, 0.3) is 0 Å². The van der Waals surface area contributed by atoms with Crippen LogP contribution in [0.4, 0.5) is 0 Å². The maximum atomic E-state index is 5.91. The van der Waals surface area contributed by atoms with E-state index in [9.17, 15) is 0 Å². The van der Waals surface area contributed by atoms with Gasteiger partial charge in [-0.05, 0) is 24.1 Å². The van der Waals surface area contributed by atoms with Crippen molar-refractivity contribution in [1.82, 2.24) is 0 Å². The molecule has 0 fully saturated rings. The average Bonchev–Trinajstić information content (AvgIpc) is 2.66. The zero-order chi connectivity index (χ0) is 10.8. The highest BCUT2D eigenvalue weighted by atomic mass is 35.5. The first-order valence-corrected chi connectivity index (χ1v) is 5.51. The number of nitrogens with zero attached hydrogens (tertiary/aromatic N) is 1. The van der Waals surface area contributed by atoms with E-state index >= 15 is 0 Å². The van der Waals surface area contributed by atoms with Crippen LogP contribution in [0.15, 0.2) is 29.3 Å². The largest absolute Gasteiger partial charge is 0.475 e. The highest BCUT2D eigenvalue weighted by molar-refractivity contribution is 6.30. The maximum absolute atomic E-state index is 5.91. The molecule has 0 N–H and O–H groups in total. The predicted octanol–water partition coefficient (Wildman–Crippen LogP) is 3.14. The molecule has 0 amide bonds. The number of ether oxygens (including phenoxy) is 1. The van der Waals surface area contributed by atoms with Gasteiger partial charge in [-0.1, -0.05) is 31.5 Å². The molecule has 2 nitrogen and oxygen atoms in total. The Morgan fingerprint density at radius 3 is 2.87 bits per heavy atom. The standard InChI is InChI=1S/C12H14ClNO/c1-8(2)11-7-15-12(14-11)9-4-3-5-10(13)6-9/h3-6,8,11H,7H2,1-2H3. The summed E-state index contributed by atoms with van der Waals surface area (Å²) in [6.07, 6.45) is 0. The van der Waals surface area contributed by atoms with E-state index in [1.54, 1.807) is 0 Å². The first-order valence-electron chi connectivity index (χ1n) is 5.13. The molecular weight excluding hydrogens is 210 g/mol. The van der Waals surface area contributed by atoms with E-state index in [1.165, 1.54) is 0 Å². The van der Waals surface area contributed by atoms with Gasteiger partial charge in [-0.25, -0.2) is 4.99 Å². The number of aliphatic imine (C=N–C) groups is 1. The maximum Gasteiger partial charge on any atom is 0.216 e. The van der Waals surface area contributed by atoms with E-state index < -0.39 is 0 Å². The van der Waals surface area contributed by atoms with Gasteiger partial charge in [-0.15, -0.1) is 0 Å². The molecule has 0 bridgehead atoms. The lowest BCUT2D eigenvalue weighted by Gasteiger charge is -2.06. The summed E-state index contributed by atoms with van der Waals surface area (Å²) in [7, 11) is 0. The van der Waals surface area contributed by atoms with Crippen LogP contribution >= 0.6 is 11.6 Å². The zero-order valence-corrected chi connectivity index (χ0v) is 9.66. The van der Waals surface area contributed by atoms with Gasteiger partial charge in [-0.2, -0.15) is 0 Å². The fourth-order valence-electron chi connectivity index (χ4n) is 1.51. The van der Waals surface area contributed by atoms with Gasteiger partial charge < -0.3 is 4.74 Å². The van der Waals surface area contributed by atoms with Crippen molar-refractivity contribution in [2.24, 2.45) is 10.9 Å². The normalized spacial score (nSPS) is 20.3. The summed E-state index contributed by atoms with van der Waals surface area (Å²) >= 11 is 5.91. The number of hydrogen-bond acceptors (Lipinski definition) is 2. The molecule has 3 heteroatoms. The highest BCUT2D eigenvalue weighted by Crippen LogP contribution is 2.19. The molecule has 1 unspecified atom stereocenters. The second-order valence-corrected chi connectivity index (χ2v) is 4.50. The van der Waals surface area contributed by atoms with Gasteiger partial charge in [0, 0.05) is 10.6 Å². The topological polar surface area (TPSA) is 21.6 Å².